The highest BCUT2D eigenvalue weighted by Crippen LogP contribution is 2.19. The smallest absolute Gasteiger partial charge is 0.254 e. The van der Waals surface area contributed by atoms with E-state index in [2.05, 4.69) is 5.92 Å². The first-order valence-corrected chi connectivity index (χ1v) is 5.19. The number of hydrogen-bond acceptors (Lipinski definition) is 2. The van der Waals surface area contributed by atoms with E-state index in [9.17, 15) is 4.79 Å². The first-order valence-electron chi connectivity index (χ1n) is 5.19. The number of terminal acetylenes is 1. The number of carbonyl (C=O) groups excluding carboxylic acids is 1. The lowest BCUT2D eigenvalue weighted by molar-refractivity contribution is 0.0651. The average molecular weight is 215 g/mol. The molecule has 0 saturated carbocycles. The molecule has 3 heteroatoms. The molecule has 0 aromatic heterocycles. The zero-order valence-corrected chi connectivity index (χ0v) is 9.19. The largest absolute Gasteiger partial charge is 0.497 e. The van der Waals surface area contributed by atoms with Crippen molar-refractivity contribution < 1.29 is 9.53 Å². The van der Waals surface area contributed by atoms with E-state index in [1.54, 1.807) is 30.2 Å². The first kappa shape index (κ1) is 10.6. The molecule has 1 fully saturated rings. The van der Waals surface area contributed by atoms with Crippen molar-refractivity contribution in [2.45, 2.75) is 6.42 Å². The summed E-state index contributed by atoms with van der Waals surface area (Å²) in [6.45, 7) is 1.67. The number of rotatable bonds is 2. The van der Waals surface area contributed by atoms with Gasteiger partial charge in [-0.1, -0.05) is 5.92 Å². The van der Waals surface area contributed by atoms with Gasteiger partial charge in [-0.15, -0.1) is 6.42 Å². The number of methoxy groups -OCH3 is 1. The standard InChI is InChI=1S/C13H13NO2/c1-3-10-7-11(9-12(8-10)16-2)13(15)14-5-4-6-14/h1,7-9H,4-6H2,2H3. The average Bonchev–Trinajstić information content (AvgIpc) is 2.26. The third-order valence-corrected chi connectivity index (χ3v) is 2.70. The lowest BCUT2D eigenvalue weighted by Crippen LogP contribution is -2.42. The molecule has 82 valence electrons. The minimum Gasteiger partial charge on any atom is -0.497 e. The van der Waals surface area contributed by atoms with Gasteiger partial charge in [0.1, 0.15) is 5.75 Å². The van der Waals surface area contributed by atoms with Crippen LogP contribution in [0.3, 0.4) is 0 Å². The number of amides is 1. The van der Waals surface area contributed by atoms with E-state index in [1.165, 1.54) is 0 Å². The van der Waals surface area contributed by atoms with Crippen LogP contribution < -0.4 is 4.74 Å². The topological polar surface area (TPSA) is 29.5 Å². The summed E-state index contributed by atoms with van der Waals surface area (Å²) >= 11 is 0. The van der Waals surface area contributed by atoms with Gasteiger partial charge in [0.15, 0.2) is 0 Å². The molecule has 1 aliphatic heterocycles. The second kappa shape index (κ2) is 4.28. The second-order valence-corrected chi connectivity index (χ2v) is 3.74. The van der Waals surface area contributed by atoms with Gasteiger partial charge in [0.2, 0.25) is 0 Å². The number of hydrogen-bond donors (Lipinski definition) is 0. The van der Waals surface area contributed by atoms with Gasteiger partial charge in [-0.25, -0.2) is 0 Å². The maximum Gasteiger partial charge on any atom is 0.254 e. The summed E-state index contributed by atoms with van der Waals surface area (Å²) in [4.78, 5) is 13.8. The molecule has 0 atom stereocenters. The Bertz CT molecular complexity index is 455. The zero-order valence-electron chi connectivity index (χ0n) is 9.19. The molecule has 0 bridgehead atoms. The quantitative estimate of drug-likeness (QED) is 0.700. The summed E-state index contributed by atoms with van der Waals surface area (Å²) in [6, 6.07) is 5.19. The number of likely N-dealkylation sites (tertiary alicyclic amines) is 1. The van der Waals surface area contributed by atoms with Crippen LogP contribution in [-0.2, 0) is 0 Å². The summed E-state index contributed by atoms with van der Waals surface area (Å²) < 4.78 is 5.11. The molecule has 1 aromatic rings. The molecule has 1 aromatic carbocycles. The van der Waals surface area contributed by atoms with Crippen molar-refractivity contribution in [1.82, 2.24) is 4.90 Å². The molecule has 1 amide bonds. The summed E-state index contributed by atoms with van der Waals surface area (Å²) in [5, 5.41) is 0. The minimum atomic E-state index is 0.0293. The van der Waals surface area contributed by atoms with E-state index in [4.69, 9.17) is 11.2 Å². The summed E-state index contributed by atoms with van der Waals surface area (Å²) in [7, 11) is 1.56. The molecule has 1 heterocycles. The molecular formula is C13H13NO2. The first-order chi connectivity index (χ1) is 7.74. The number of carbonyl (C=O) groups is 1. The highest BCUT2D eigenvalue weighted by molar-refractivity contribution is 5.95. The van der Waals surface area contributed by atoms with Crippen LogP contribution in [0.5, 0.6) is 5.75 Å². The fourth-order valence-electron chi connectivity index (χ4n) is 1.63. The molecule has 1 saturated heterocycles. The van der Waals surface area contributed by atoms with Gasteiger partial charge in [0.25, 0.3) is 5.91 Å². The van der Waals surface area contributed by atoms with E-state index in [0.29, 0.717) is 16.9 Å². The molecule has 0 N–H and O–H groups in total. The lowest BCUT2D eigenvalue weighted by atomic mass is 10.1. The van der Waals surface area contributed by atoms with Crippen molar-refractivity contribution >= 4 is 5.91 Å². The Morgan fingerprint density at radius 3 is 2.69 bits per heavy atom. The van der Waals surface area contributed by atoms with E-state index < -0.39 is 0 Å². The highest BCUT2D eigenvalue weighted by atomic mass is 16.5. The molecule has 1 aliphatic rings. The minimum absolute atomic E-state index is 0.0293. The Balaban J connectivity index is 2.32. The molecule has 3 nitrogen and oxygen atoms in total. The van der Waals surface area contributed by atoms with Crippen LogP contribution in [0.1, 0.15) is 22.3 Å². The van der Waals surface area contributed by atoms with Crippen LogP contribution in [-0.4, -0.2) is 31.0 Å². The maximum absolute atomic E-state index is 12.0. The number of nitrogens with zero attached hydrogens (tertiary/aromatic N) is 1. The van der Waals surface area contributed by atoms with Gasteiger partial charge in [0, 0.05) is 24.2 Å². The third kappa shape index (κ3) is 1.87. The van der Waals surface area contributed by atoms with Crippen molar-refractivity contribution in [3.63, 3.8) is 0 Å². The van der Waals surface area contributed by atoms with Crippen LogP contribution in [0.15, 0.2) is 18.2 Å². The molecule has 0 unspecified atom stereocenters. The summed E-state index contributed by atoms with van der Waals surface area (Å²) in [6.07, 6.45) is 6.42. The van der Waals surface area contributed by atoms with Gasteiger partial charge >= 0.3 is 0 Å². The van der Waals surface area contributed by atoms with Crippen LogP contribution in [0.2, 0.25) is 0 Å². The van der Waals surface area contributed by atoms with E-state index in [0.717, 1.165) is 19.5 Å². The summed E-state index contributed by atoms with van der Waals surface area (Å²) in [5.41, 5.74) is 1.27. The fourth-order valence-corrected chi connectivity index (χ4v) is 1.63. The maximum atomic E-state index is 12.0. The normalized spacial score (nSPS) is 13.9. The van der Waals surface area contributed by atoms with Crippen molar-refractivity contribution in [3.8, 4) is 18.1 Å². The van der Waals surface area contributed by atoms with Crippen molar-refractivity contribution in [2.75, 3.05) is 20.2 Å². The molecular weight excluding hydrogens is 202 g/mol. The van der Waals surface area contributed by atoms with Gasteiger partial charge in [-0.2, -0.15) is 0 Å². The summed E-state index contributed by atoms with van der Waals surface area (Å²) in [5.74, 6) is 3.17. The van der Waals surface area contributed by atoms with Crippen LogP contribution in [0.25, 0.3) is 0 Å². The molecule has 0 aliphatic carbocycles. The van der Waals surface area contributed by atoms with Crippen molar-refractivity contribution in [2.24, 2.45) is 0 Å². The van der Waals surface area contributed by atoms with Crippen molar-refractivity contribution in [1.29, 1.82) is 0 Å². The Kier molecular flexibility index (Phi) is 2.82. The third-order valence-electron chi connectivity index (χ3n) is 2.70. The molecule has 0 spiro atoms. The number of ether oxygens (including phenoxy) is 1. The SMILES string of the molecule is C#Cc1cc(OC)cc(C(=O)N2CCC2)c1. The zero-order chi connectivity index (χ0) is 11.5. The second-order valence-electron chi connectivity index (χ2n) is 3.74. The Labute approximate surface area is 95.0 Å². The van der Waals surface area contributed by atoms with Crippen LogP contribution in [0.4, 0.5) is 0 Å². The van der Waals surface area contributed by atoms with Gasteiger partial charge < -0.3 is 9.64 Å². The Morgan fingerprint density at radius 2 is 2.19 bits per heavy atom. The van der Waals surface area contributed by atoms with Crippen LogP contribution in [0, 0.1) is 12.3 Å². The van der Waals surface area contributed by atoms with Crippen molar-refractivity contribution in [3.05, 3.63) is 29.3 Å². The van der Waals surface area contributed by atoms with E-state index in [-0.39, 0.29) is 5.91 Å². The van der Waals surface area contributed by atoms with Gasteiger partial charge in [-0.05, 0) is 24.6 Å². The van der Waals surface area contributed by atoms with Crippen LogP contribution >= 0.6 is 0 Å². The lowest BCUT2D eigenvalue weighted by Gasteiger charge is -2.31. The fraction of sp³-hybridized carbons (Fsp3) is 0.308. The monoisotopic (exact) mass is 215 g/mol. The van der Waals surface area contributed by atoms with E-state index >= 15 is 0 Å². The predicted molar refractivity (Wildman–Crippen MR) is 61.4 cm³/mol. The number of benzene rings is 1. The Hall–Kier alpha value is -1.95. The Morgan fingerprint density at radius 1 is 1.44 bits per heavy atom. The highest BCUT2D eigenvalue weighted by Gasteiger charge is 2.22. The van der Waals surface area contributed by atoms with Gasteiger partial charge in [0.05, 0.1) is 7.11 Å². The molecule has 0 radical (unpaired) electrons. The molecule has 2 rings (SSSR count). The predicted octanol–water partition coefficient (Wildman–Crippen LogP) is 1.52. The molecule has 16 heavy (non-hydrogen) atoms. The van der Waals surface area contributed by atoms with E-state index in [1.807, 2.05) is 0 Å². The van der Waals surface area contributed by atoms with Gasteiger partial charge in [-0.3, -0.25) is 4.79 Å².